The predicted octanol–water partition coefficient (Wildman–Crippen LogP) is 3.53. The molecular weight excluding hydrogens is 170 g/mol. The molecule has 0 aromatic heterocycles. The SMILES string of the molecule is CCCCC[C@@H](NC)c1ccccc1. The highest BCUT2D eigenvalue weighted by Crippen LogP contribution is 2.18. The fourth-order valence-corrected chi connectivity index (χ4v) is 1.76. The van der Waals surface area contributed by atoms with E-state index < -0.39 is 0 Å². The maximum absolute atomic E-state index is 3.38. The van der Waals surface area contributed by atoms with Crippen LogP contribution in [0.3, 0.4) is 0 Å². The monoisotopic (exact) mass is 191 g/mol. The van der Waals surface area contributed by atoms with Crippen molar-refractivity contribution in [3.63, 3.8) is 0 Å². The molecule has 0 saturated carbocycles. The molecule has 0 fully saturated rings. The summed E-state index contributed by atoms with van der Waals surface area (Å²) < 4.78 is 0. The lowest BCUT2D eigenvalue weighted by Crippen LogP contribution is -2.15. The number of unbranched alkanes of at least 4 members (excludes halogenated alkanes) is 2. The molecule has 0 unspecified atom stereocenters. The van der Waals surface area contributed by atoms with Gasteiger partial charge < -0.3 is 5.32 Å². The first-order valence-corrected chi connectivity index (χ1v) is 5.60. The molecule has 0 aliphatic heterocycles. The maximum atomic E-state index is 3.38. The largest absolute Gasteiger partial charge is 0.313 e. The number of rotatable bonds is 6. The number of benzene rings is 1. The third-order valence-corrected chi connectivity index (χ3v) is 2.65. The minimum atomic E-state index is 0.530. The van der Waals surface area contributed by atoms with Gasteiger partial charge in [-0.1, -0.05) is 56.5 Å². The van der Waals surface area contributed by atoms with Gasteiger partial charge in [-0.25, -0.2) is 0 Å². The average Bonchev–Trinajstić information content (AvgIpc) is 2.26. The first-order chi connectivity index (χ1) is 6.88. The molecule has 0 spiro atoms. The van der Waals surface area contributed by atoms with Crippen molar-refractivity contribution in [2.45, 2.75) is 38.6 Å². The van der Waals surface area contributed by atoms with E-state index in [-0.39, 0.29) is 0 Å². The van der Waals surface area contributed by atoms with E-state index in [1.54, 1.807) is 0 Å². The van der Waals surface area contributed by atoms with Crippen LogP contribution in [0.5, 0.6) is 0 Å². The van der Waals surface area contributed by atoms with Gasteiger partial charge in [0.25, 0.3) is 0 Å². The third-order valence-electron chi connectivity index (χ3n) is 2.65. The minimum absolute atomic E-state index is 0.530. The van der Waals surface area contributed by atoms with E-state index in [1.807, 2.05) is 7.05 Å². The van der Waals surface area contributed by atoms with Crippen LogP contribution in [0.4, 0.5) is 0 Å². The highest BCUT2D eigenvalue weighted by molar-refractivity contribution is 5.18. The summed E-state index contributed by atoms with van der Waals surface area (Å²) in [7, 11) is 2.05. The van der Waals surface area contributed by atoms with Crippen molar-refractivity contribution < 1.29 is 0 Å². The summed E-state index contributed by atoms with van der Waals surface area (Å²) in [6, 6.07) is 11.2. The van der Waals surface area contributed by atoms with Crippen molar-refractivity contribution in [2.75, 3.05) is 7.05 Å². The van der Waals surface area contributed by atoms with Gasteiger partial charge in [-0.15, -0.1) is 0 Å². The van der Waals surface area contributed by atoms with Gasteiger partial charge in [0.1, 0.15) is 0 Å². The number of hydrogen-bond donors (Lipinski definition) is 1. The van der Waals surface area contributed by atoms with Crippen molar-refractivity contribution in [3.05, 3.63) is 35.9 Å². The highest BCUT2D eigenvalue weighted by atomic mass is 14.9. The molecule has 1 nitrogen and oxygen atoms in total. The topological polar surface area (TPSA) is 12.0 Å². The molecule has 0 amide bonds. The number of hydrogen-bond acceptors (Lipinski definition) is 1. The van der Waals surface area contributed by atoms with E-state index in [4.69, 9.17) is 0 Å². The van der Waals surface area contributed by atoms with Gasteiger partial charge in [0.05, 0.1) is 0 Å². The lowest BCUT2D eigenvalue weighted by atomic mass is 10.0. The summed E-state index contributed by atoms with van der Waals surface area (Å²) in [6.45, 7) is 2.25. The Labute approximate surface area is 87.5 Å². The Kier molecular flexibility index (Phi) is 5.31. The Morgan fingerprint density at radius 1 is 1.14 bits per heavy atom. The van der Waals surface area contributed by atoms with Crippen molar-refractivity contribution in [1.82, 2.24) is 5.32 Å². The molecule has 1 heteroatoms. The summed E-state index contributed by atoms with van der Waals surface area (Å²) in [5, 5.41) is 3.38. The Bertz CT molecular complexity index is 230. The molecule has 1 N–H and O–H groups in total. The quantitative estimate of drug-likeness (QED) is 0.678. The number of nitrogens with one attached hydrogen (secondary N) is 1. The second-order valence-electron chi connectivity index (χ2n) is 3.75. The maximum Gasteiger partial charge on any atom is 0.0317 e. The van der Waals surface area contributed by atoms with Crippen LogP contribution in [-0.4, -0.2) is 7.05 Å². The van der Waals surface area contributed by atoms with Gasteiger partial charge in [0.2, 0.25) is 0 Å². The van der Waals surface area contributed by atoms with Crippen molar-refractivity contribution >= 4 is 0 Å². The fourth-order valence-electron chi connectivity index (χ4n) is 1.76. The molecule has 1 aromatic rings. The Morgan fingerprint density at radius 3 is 2.43 bits per heavy atom. The van der Waals surface area contributed by atoms with Crippen LogP contribution in [0.1, 0.15) is 44.2 Å². The van der Waals surface area contributed by atoms with Crippen LogP contribution in [0, 0.1) is 0 Å². The van der Waals surface area contributed by atoms with E-state index in [0.29, 0.717) is 6.04 Å². The first kappa shape index (κ1) is 11.3. The fraction of sp³-hybridized carbons (Fsp3) is 0.538. The van der Waals surface area contributed by atoms with E-state index in [2.05, 4.69) is 42.6 Å². The molecule has 0 saturated heterocycles. The molecule has 0 heterocycles. The predicted molar refractivity (Wildman–Crippen MR) is 62.4 cm³/mol. The molecule has 14 heavy (non-hydrogen) atoms. The summed E-state index contributed by atoms with van der Waals surface area (Å²) in [5.74, 6) is 0. The first-order valence-electron chi connectivity index (χ1n) is 5.60. The second-order valence-corrected chi connectivity index (χ2v) is 3.75. The van der Waals surface area contributed by atoms with Crippen LogP contribution in [0.2, 0.25) is 0 Å². The van der Waals surface area contributed by atoms with Crippen LogP contribution < -0.4 is 5.32 Å². The summed E-state index contributed by atoms with van der Waals surface area (Å²) in [4.78, 5) is 0. The van der Waals surface area contributed by atoms with Gasteiger partial charge in [-0.05, 0) is 19.0 Å². The van der Waals surface area contributed by atoms with E-state index in [0.717, 1.165) is 0 Å². The van der Waals surface area contributed by atoms with Crippen molar-refractivity contribution in [3.8, 4) is 0 Å². The zero-order valence-corrected chi connectivity index (χ0v) is 9.29. The van der Waals surface area contributed by atoms with Gasteiger partial charge in [-0.2, -0.15) is 0 Å². The molecule has 1 aromatic carbocycles. The molecule has 0 radical (unpaired) electrons. The molecule has 1 atom stereocenters. The van der Waals surface area contributed by atoms with Crippen LogP contribution in [0.15, 0.2) is 30.3 Å². The molecule has 78 valence electrons. The third kappa shape index (κ3) is 3.51. The standard InChI is InChI=1S/C13H21N/c1-3-4-6-11-13(14-2)12-9-7-5-8-10-12/h5,7-10,13-14H,3-4,6,11H2,1-2H3/t13-/m1/s1. The lowest BCUT2D eigenvalue weighted by Gasteiger charge is -2.16. The molecular formula is C13H21N. The van der Waals surface area contributed by atoms with Crippen LogP contribution >= 0.6 is 0 Å². The summed E-state index contributed by atoms with van der Waals surface area (Å²) in [5.41, 5.74) is 1.41. The Morgan fingerprint density at radius 2 is 1.86 bits per heavy atom. The van der Waals surface area contributed by atoms with Gasteiger partial charge >= 0.3 is 0 Å². The van der Waals surface area contributed by atoms with Crippen molar-refractivity contribution in [2.24, 2.45) is 0 Å². The highest BCUT2D eigenvalue weighted by Gasteiger charge is 2.06. The lowest BCUT2D eigenvalue weighted by molar-refractivity contribution is 0.512. The molecule has 0 aliphatic rings. The van der Waals surface area contributed by atoms with Gasteiger partial charge in [-0.3, -0.25) is 0 Å². The van der Waals surface area contributed by atoms with Crippen LogP contribution in [-0.2, 0) is 0 Å². The van der Waals surface area contributed by atoms with E-state index >= 15 is 0 Å². The zero-order chi connectivity index (χ0) is 10.2. The molecule has 1 rings (SSSR count). The Balaban J connectivity index is 2.46. The summed E-state index contributed by atoms with van der Waals surface area (Å²) >= 11 is 0. The molecule has 0 bridgehead atoms. The zero-order valence-electron chi connectivity index (χ0n) is 9.29. The van der Waals surface area contributed by atoms with Gasteiger partial charge in [0.15, 0.2) is 0 Å². The van der Waals surface area contributed by atoms with E-state index in [9.17, 15) is 0 Å². The van der Waals surface area contributed by atoms with Crippen molar-refractivity contribution in [1.29, 1.82) is 0 Å². The summed E-state index contributed by atoms with van der Waals surface area (Å²) in [6.07, 6.45) is 5.20. The normalized spacial score (nSPS) is 12.7. The second kappa shape index (κ2) is 6.61. The van der Waals surface area contributed by atoms with Crippen LogP contribution in [0.25, 0.3) is 0 Å². The van der Waals surface area contributed by atoms with E-state index in [1.165, 1.54) is 31.2 Å². The van der Waals surface area contributed by atoms with Gasteiger partial charge in [0, 0.05) is 6.04 Å². The Hall–Kier alpha value is -0.820. The smallest absolute Gasteiger partial charge is 0.0317 e. The average molecular weight is 191 g/mol. The minimum Gasteiger partial charge on any atom is -0.313 e. The molecule has 0 aliphatic carbocycles.